The predicted octanol–water partition coefficient (Wildman–Crippen LogP) is 3.35. The zero-order valence-electron chi connectivity index (χ0n) is 14.3. The maximum Gasteiger partial charge on any atom is 0.277 e. The molecule has 2 amide bonds. The van der Waals surface area contributed by atoms with E-state index in [9.17, 15) is 9.59 Å². The van der Waals surface area contributed by atoms with Gasteiger partial charge in [0, 0.05) is 30.3 Å². The van der Waals surface area contributed by atoms with Gasteiger partial charge in [0.25, 0.3) is 11.8 Å². The summed E-state index contributed by atoms with van der Waals surface area (Å²) in [5.41, 5.74) is 1.41. The van der Waals surface area contributed by atoms with E-state index in [0.717, 1.165) is 38.8 Å². The summed E-state index contributed by atoms with van der Waals surface area (Å²) in [5.74, 6) is -0.537. The molecule has 0 saturated carbocycles. The number of carbonyl (C=O) groups is 2. The van der Waals surface area contributed by atoms with Gasteiger partial charge in [0.2, 0.25) is 0 Å². The second kappa shape index (κ2) is 7.22. The number of hydrogen-bond acceptors (Lipinski definition) is 4. The third-order valence-electron chi connectivity index (χ3n) is 5.18. The third-order valence-corrected chi connectivity index (χ3v) is 5.72. The van der Waals surface area contributed by atoms with Gasteiger partial charge >= 0.3 is 0 Å². The summed E-state index contributed by atoms with van der Waals surface area (Å²) in [6.07, 6.45) is 3.77. The Kier molecular flexibility index (Phi) is 4.95. The van der Waals surface area contributed by atoms with Crippen molar-refractivity contribution in [3.05, 3.63) is 39.5 Å². The van der Waals surface area contributed by atoms with Crippen LogP contribution >= 0.6 is 23.2 Å². The molecular weight excluding hydrogens is 375 g/mol. The molecule has 3 heterocycles. The molecule has 0 N–H and O–H groups in total. The Morgan fingerprint density at radius 3 is 2.50 bits per heavy atom. The average molecular weight is 395 g/mol. The number of halogens is 2. The van der Waals surface area contributed by atoms with Gasteiger partial charge in [0.15, 0.2) is 0 Å². The fourth-order valence-electron chi connectivity index (χ4n) is 3.89. The van der Waals surface area contributed by atoms with Crippen LogP contribution in [0.1, 0.15) is 31.2 Å². The van der Waals surface area contributed by atoms with Crippen molar-refractivity contribution >= 4 is 40.6 Å². The molecule has 0 bridgehead atoms. The summed E-state index contributed by atoms with van der Waals surface area (Å²) in [4.78, 5) is 29.6. The number of amides is 2. The van der Waals surface area contributed by atoms with Gasteiger partial charge < -0.3 is 9.64 Å². The quantitative estimate of drug-likeness (QED) is 0.734. The minimum atomic E-state index is -0.295. The van der Waals surface area contributed by atoms with E-state index in [1.54, 1.807) is 18.2 Å². The molecule has 26 heavy (non-hydrogen) atoms. The summed E-state index contributed by atoms with van der Waals surface area (Å²) < 4.78 is 5.63. The monoisotopic (exact) mass is 394 g/mol. The second-order valence-electron chi connectivity index (χ2n) is 6.90. The van der Waals surface area contributed by atoms with Crippen molar-refractivity contribution in [2.45, 2.75) is 31.8 Å². The molecule has 1 aromatic carbocycles. The minimum absolute atomic E-state index is 0.0808. The van der Waals surface area contributed by atoms with Crippen molar-refractivity contribution in [3.8, 4) is 0 Å². The number of ether oxygens (including phenoxy) is 1. The van der Waals surface area contributed by atoms with Gasteiger partial charge in [-0.2, -0.15) is 0 Å². The number of imide groups is 1. The molecular formula is C19H20Cl2N2O3. The van der Waals surface area contributed by atoms with Crippen LogP contribution in [0.4, 0.5) is 0 Å². The van der Waals surface area contributed by atoms with E-state index in [2.05, 4.69) is 0 Å². The largest absolute Gasteiger partial charge is 0.376 e. The van der Waals surface area contributed by atoms with Crippen molar-refractivity contribution in [2.75, 3.05) is 26.2 Å². The summed E-state index contributed by atoms with van der Waals surface area (Å²) >= 11 is 12.4. The van der Waals surface area contributed by atoms with Crippen LogP contribution in [0.2, 0.25) is 10.0 Å². The van der Waals surface area contributed by atoms with E-state index in [1.807, 2.05) is 4.90 Å². The highest BCUT2D eigenvalue weighted by Gasteiger charge is 2.43. The lowest BCUT2D eigenvalue weighted by molar-refractivity contribution is -0.139. The smallest absolute Gasteiger partial charge is 0.277 e. The van der Waals surface area contributed by atoms with Crippen molar-refractivity contribution in [2.24, 2.45) is 0 Å². The lowest BCUT2D eigenvalue weighted by Crippen LogP contribution is -2.39. The molecule has 5 nitrogen and oxygen atoms in total. The van der Waals surface area contributed by atoms with E-state index in [-0.39, 0.29) is 17.9 Å². The zero-order valence-corrected chi connectivity index (χ0v) is 15.9. The highest BCUT2D eigenvalue weighted by atomic mass is 35.5. The van der Waals surface area contributed by atoms with Gasteiger partial charge in [-0.05, 0) is 37.8 Å². The first-order valence-corrected chi connectivity index (χ1v) is 9.74. The second-order valence-corrected chi connectivity index (χ2v) is 7.74. The molecule has 0 aromatic heterocycles. The van der Waals surface area contributed by atoms with Gasteiger partial charge in [-0.25, -0.2) is 0 Å². The first-order chi connectivity index (χ1) is 12.6. The molecule has 138 valence electrons. The van der Waals surface area contributed by atoms with Crippen LogP contribution in [0, 0.1) is 0 Å². The lowest BCUT2D eigenvalue weighted by atomic mass is 10.0. The molecule has 0 radical (unpaired) electrons. The molecule has 0 aliphatic carbocycles. The Bertz CT molecular complexity index is 781. The van der Waals surface area contributed by atoms with Crippen molar-refractivity contribution in [3.63, 3.8) is 0 Å². The summed E-state index contributed by atoms with van der Waals surface area (Å²) in [7, 11) is 0. The van der Waals surface area contributed by atoms with Gasteiger partial charge in [0.1, 0.15) is 5.70 Å². The Morgan fingerprint density at radius 1 is 1.08 bits per heavy atom. The topological polar surface area (TPSA) is 49.9 Å². The third kappa shape index (κ3) is 3.13. The molecule has 2 saturated heterocycles. The Balaban J connectivity index is 1.74. The van der Waals surface area contributed by atoms with Gasteiger partial charge in [-0.1, -0.05) is 29.3 Å². The first kappa shape index (κ1) is 17.8. The molecule has 4 rings (SSSR count). The summed E-state index contributed by atoms with van der Waals surface area (Å²) in [6, 6.07) is 5.02. The molecule has 1 unspecified atom stereocenters. The number of benzene rings is 1. The molecule has 1 atom stereocenters. The van der Waals surface area contributed by atoms with Crippen LogP contribution in [-0.4, -0.2) is 54.0 Å². The molecule has 0 spiro atoms. The maximum absolute atomic E-state index is 13.2. The Labute approximate surface area is 162 Å². The highest BCUT2D eigenvalue weighted by Crippen LogP contribution is 2.37. The number of rotatable bonds is 4. The lowest BCUT2D eigenvalue weighted by Gasteiger charge is -2.21. The number of hydrogen-bond donors (Lipinski definition) is 0. The van der Waals surface area contributed by atoms with E-state index in [0.29, 0.717) is 40.0 Å². The maximum atomic E-state index is 13.2. The molecule has 7 heteroatoms. The van der Waals surface area contributed by atoms with Gasteiger partial charge in [0.05, 0.1) is 23.2 Å². The fourth-order valence-corrected chi connectivity index (χ4v) is 4.39. The van der Waals surface area contributed by atoms with Crippen LogP contribution in [0.3, 0.4) is 0 Å². The van der Waals surface area contributed by atoms with Crippen LogP contribution in [0.15, 0.2) is 23.9 Å². The number of carbonyl (C=O) groups excluding carboxylic acids is 2. The Hall–Kier alpha value is -1.56. The van der Waals surface area contributed by atoms with E-state index >= 15 is 0 Å². The van der Waals surface area contributed by atoms with Gasteiger partial charge in [-0.3, -0.25) is 14.5 Å². The molecule has 1 aromatic rings. The fraction of sp³-hybridized carbons (Fsp3) is 0.474. The van der Waals surface area contributed by atoms with E-state index < -0.39 is 0 Å². The highest BCUT2D eigenvalue weighted by molar-refractivity contribution is 6.41. The molecule has 3 aliphatic rings. The average Bonchev–Trinajstić information content (AvgIpc) is 3.34. The predicted molar refractivity (Wildman–Crippen MR) is 99.9 cm³/mol. The minimum Gasteiger partial charge on any atom is -0.376 e. The SMILES string of the molecule is O=C1C(c2ccc(Cl)cc2Cl)=C(N2CCCC2)C(=O)N1CC1CCCO1. The number of nitrogens with zero attached hydrogens (tertiary/aromatic N) is 2. The van der Waals surface area contributed by atoms with Crippen LogP contribution in [-0.2, 0) is 14.3 Å². The van der Waals surface area contributed by atoms with E-state index in [1.165, 1.54) is 4.90 Å². The first-order valence-electron chi connectivity index (χ1n) is 8.98. The van der Waals surface area contributed by atoms with E-state index in [4.69, 9.17) is 27.9 Å². The number of likely N-dealkylation sites (tertiary alicyclic amines) is 1. The molecule has 2 fully saturated rings. The molecule has 3 aliphatic heterocycles. The van der Waals surface area contributed by atoms with Crippen molar-refractivity contribution in [1.29, 1.82) is 0 Å². The van der Waals surface area contributed by atoms with Gasteiger partial charge in [-0.15, -0.1) is 0 Å². The van der Waals surface area contributed by atoms with Crippen molar-refractivity contribution < 1.29 is 14.3 Å². The summed E-state index contributed by atoms with van der Waals surface area (Å²) in [6.45, 7) is 2.53. The van der Waals surface area contributed by atoms with Crippen LogP contribution in [0.25, 0.3) is 5.57 Å². The summed E-state index contributed by atoms with van der Waals surface area (Å²) in [5, 5.41) is 0.874. The van der Waals surface area contributed by atoms with Crippen molar-refractivity contribution in [1.82, 2.24) is 9.80 Å². The zero-order chi connectivity index (χ0) is 18.3. The normalized spacial score (nSPS) is 23.7. The standard InChI is InChI=1S/C19H20Cl2N2O3/c20-12-5-6-14(15(21)10-12)16-17(22-7-1-2-8-22)19(25)23(18(16)24)11-13-4-3-9-26-13/h5-6,10,13H,1-4,7-9,11H2. The Morgan fingerprint density at radius 2 is 1.85 bits per heavy atom. The van der Waals surface area contributed by atoms with Crippen LogP contribution < -0.4 is 0 Å². The van der Waals surface area contributed by atoms with Crippen LogP contribution in [0.5, 0.6) is 0 Å².